The molecule has 0 aromatic heterocycles. The lowest BCUT2D eigenvalue weighted by Crippen LogP contribution is -2.18. The van der Waals surface area contributed by atoms with Crippen molar-refractivity contribution in [2.45, 2.75) is 40.5 Å². The Balaban J connectivity index is 2.03. The zero-order chi connectivity index (χ0) is 14.2. The second kappa shape index (κ2) is 3.22. The van der Waals surface area contributed by atoms with Crippen molar-refractivity contribution in [2.75, 3.05) is 0 Å². The van der Waals surface area contributed by atoms with Crippen LogP contribution in [0.4, 0.5) is 0 Å². The van der Waals surface area contributed by atoms with Gasteiger partial charge in [0.25, 0.3) is 0 Å². The Bertz CT molecular complexity index is 689. The van der Waals surface area contributed by atoms with Crippen molar-refractivity contribution < 1.29 is 0 Å². The maximum Gasteiger partial charge on any atom is 0.0549 e. The molecule has 0 aliphatic heterocycles. The summed E-state index contributed by atoms with van der Waals surface area (Å²) in [7, 11) is 0. The van der Waals surface area contributed by atoms with Gasteiger partial charge >= 0.3 is 0 Å². The molecule has 0 heteroatoms. The predicted octanol–water partition coefficient (Wildman–Crippen LogP) is 4.81. The van der Waals surface area contributed by atoms with Gasteiger partial charge in [-0.1, -0.05) is 63.0 Å². The SMILES string of the molecule is CC12C=CC(C)(C=C3C(=C1)C1(C)C#CC=CC3(C)C1)C2. The van der Waals surface area contributed by atoms with E-state index in [0.717, 1.165) is 6.42 Å². The molecule has 1 fully saturated rings. The molecular formula is C20H22. The molecule has 0 amide bonds. The maximum atomic E-state index is 3.52. The minimum Gasteiger partial charge on any atom is -0.0872 e. The fraction of sp³-hybridized carbons (Fsp3) is 0.500. The van der Waals surface area contributed by atoms with Crippen molar-refractivity contribution in [2.24, 2.45) is 21.7 Å². The predicted molar refractivity (Wildman–Crippen MR) is 83.9 cm³/mol. The molecule has 4 bridgehead atoms. The molecular weight excluding hydrogens is 240 g/mol. The lowest BCUT2D eigenvalue weighted by molar-refractivity contribution is 0.383. The number of fused-ring (bicyclic) bond motifs is 7. The van der Waals surface area contributed by atoms with Crippen LogP contribution < -0.4 is 0 Å². The summed E-state index contributed by atoms with van der Waals surface area (Å²) in [5.74, 6) is 6.77. The standard InChI is InChI=1S/C20H22/c1-17-9-10-18(2,13-17)12-16-15(11-17)19(3)7-5-6-8-20(16,4)14-19/h5,7,9-12H,13-14H2,1-4H3. The summed E-state index contributed by atoms with van der Waals surface area (Å²) in [6.07, 6.45) is 16.6. The number of allylic oxidation sites excluding steroid dienone is 8. The van der Waals surface area contributed by atoms with Crippen molar-refractivity contribution in [3.05, 3.63) is 47.6 Å². The summed E-state index contributed by atoms with van der Waals surface area (Å²) in [4.78, 5) is 0. The maximum absolute atomic E-state index is 3.52. The normalized spacial score (nSPS) is 50.6. The van der Waals surface area contributed by atoms with E-state index in [9.17, 15) is 0 Å². The van der Waals surface area contributed by atoms with Crippen LogP contribution in [0.1, 0.15) is 40.5 Å². The highest BCUT2D eigenvalue weighted by atomic mass is 14.5. The molecule has 4 aliphatic carbocycles. The fourth-order valence-corrected chi connectivity index (χ4v) is 4.87. The van der Waals surface area contributed by atoms with Crippen molar-refractivity contribution in [3.63, 3.8) is 0 Å². The van der Waals surface area contributed by atoms with E-state index >= 15 is 0 Å². The molecule has 0 N–H and O–H groups in total. The first-order chi connectivity index (χ1) is 9.26. The van der Waals surface area contributed by atoms with Crippen LogP contribution >= 0.6 is 0 Å². The van der Waals surface area contributed by atoms with Crippen molar-refractivity contribution in [3.8, 4) is 11.8 Å². The first-order valence-electron chi connectivity index (χ1n) is 7.64. The van der Waals surface area contributed by atoms with E-state index in [1.165, 1.54) is 17.6 Å². The second-order valence-electron chi connectivity index (χ2n) is 8.17. The Morgan fingerprint density at radius 1 is 0.850 bits per heavy atom. The summed E-state index contributed by atoms with van der Waals surface area (Å²) in [5.41, 5.74) is 3.57. The molecule has 20 heavy (non-hydrogen) atoms. The molecule has 0 saturated heterocycles. The van der Waals surface area contributed by atoms with Crippen LogP contribution in [0.25, 0.3) is 0 Å². The van der Waals surface area contributed by atoms with E-state index in [4.69, 9.17) is 0 Å². The smallest absolute Gasteiger partial charge is 0.0549 e. The fourth-order valence-electron chi connectivity index (χ4n) is 4.87. The molecule has 0 radical (unpaired) electrons. The molecule has 4 rings (SSSR count). The van der Waals surface area contributed by atoms with Crippen LogP contribution in [0, 0.1) is 33.5 Å². The topological polar surface area (TPSA) is 0 Å². The van der Waals surface area contributed by atoms with Crippen LogP contribution in [0.3, 0.4) is 0 Å². The highest BCUT2D eigenvalue weighted by Gasteiger charge is 2.52. The summed E-state index contributed by atoms with van der Waals surface area (Å²) in [6, 6.07) is 0. The van der Waals surface area contributed by atoms with Crippen LogP contribution in [-0.2, 0) is 0 Å². The number of rotatable bonds is 0. The summed E-state index contributed by atoms with van der Waals surface area (Å²) < 4.78 is 0. The Labute approximate surface area is 122 Å². The van der Waals surface area contributed by atoms with Gasteiger partial charge in [-0.2, -0.15) is 0 Å². The number of hydrogen-bond acceptors (Lipinski definition) is 0. The van der Waals surface area contributed by atoms with E-state index in [1.807, 2.05) is 0 Å². The summed E-state index contributed by atoms with van der Waals surface area (Å²) in [5, 5.41) is 0. The highest BCUT2D eigenvalue weighted by Crippen LogP contribution is 2.62. The van der Waals surface area contributed by atoms with Crippen molar-refractivity contribution in [1.82, 2.24) is 0 Å². The Kier molecular flexibility index (Phi) is 1.98. The molecule has 0 aromatic rings. The molecule has 0 spiro atoms. The van der Waals surface area contributed by atoms with Crippen molar-refractivity contribution in [1.29, 1.82) is 0 Å². The molecule has 0 aromatic carbocycles. The third-order valence-corrected chi connectivity index (χ3v) is 5.66. The van der Waals surface area contributed by atoms with Gasteiger partial charge in [-0.05, 0) is 37.0 Å². The van der Waals surface area contributed by atoms with Gasteiger partial charge in [-0.3, -0.25) is 0 Å². The van der Waals surface area contributed by atoms with Crippen LogP contribution in [0.2, 0.25) is 0 Å². The molecule has 4 unspecified atom stereocenters. The molecule has 102 valence electrons. The summed E-state index contributed by atoms with van der Waals surface area (Å²) in [6.45, 7) is 9.43. The first kappa shape index (κ1) is 12.3. The van der Waals surface area contributed by atoms with Crippen molar-refractivity contribution >= 4 is 0 Å². The van der Waals surface area contributed by atoms with E-state index in [1.54, 1.807) is 0 Å². The molecule has 0 heterocycles. The van der Waals surface area contributed by atoms with E-state index < -0.39 is 0 Å². The Morgan fingerprint density at radius 3 is 2.20 bits per heavy atom. The molecule has 4 aliphatic rings. The minimum absolute atomic E-state index is 0.0156. The zero-order valence-corrected chi connectivity index (χ0v) is 12.9. The first-order valence-corrected chi connectivity index (χ1v) is 7.64. The monoisotopic (exact) mass is 262 g/mol. The Morgan fingerprint density at radius 2 is 1.50 bits per heavy atom. The molecule has 1 saturated carbocycles. The zero-order valence-electron chi connectivity index (χ0n) is 12.9. The van der Waals surface area contributed by atoms with Crippen LogP contribution in [0.5, 0.6) is 0 Å². The summed E-state index contributed by atoms with van der Waals surface area (Å²) >= 11 is 0. The number of hydrogen-bond donors (Lipinski definition) is 0. The Hall–Kier alpha value is -1.48. The van der Waals surface area contributed by atoms with E-state index in [2.05, 4.69) is 76.0 Å². The van der Waals surface area contributed by atoms with Gasteiger partial charge in [0.15, 0.2) is 0 Å². The lowest BCUT2D eigenvalue weighted by Gasteiger charge is -2.26. The second-order valence-corrected chi connectivity index (χ2v) is 8.17. The minimum atomic E-state index is 0.0156. The molecule has 4 atom stereocenters. The van der Waals surface area contributed by atoms with Gasteiger partial charge in [-0.25, -0.2) is 0 Å². The molecule has 0 nitrogen and oxygen atoms in total. The van der Waals surface area contributed by atoms with Gasteiger partial charge in [0.1, 0.15) is 0 Å². The average Bonchev–Trinajstić information content (AvgIpc) is 2.60. The van der Waals surface area contributed by atoms with Crippen LogP contribution in [0.15, 0.2) is 47.6 Å². The van der Waals surface area contributed by atoms with Crippen LogP contribution in [-0.4, -0.2) is 0 Å². The third kappa shape index (κ3) is 1.44. The lowest BCUT2D eigenvalue weighted by atomic mass is 9.76. The largest absolute Gasteiger partial charge is 0.0872 e. The van der Waals surface area contributed by atoms with E-state index in [0.29, 0.717) is 0 Å². The van der Waals surface area contributed by atoms with Gasteiger partial charge in [0, 0.05) is 16.2 Å². The van der Waals surface area contributed by atoms with Gasteiger partial charge < -0.3 is 0 Å². The van der Waals surface area contributed by atoms with Gasteiger partial charge in [0.2, 0.25) is 0 Å². The average molecular weight is 262 g/mol. The highest BCUT2D eigenvalue weighted by molar-refractivity contribution is 5.59. The van der Waals surface area contributed by atoms with Gasteiger partial charge in [-0.15, -0.1) is 0 Å². The van der Waals surface area contributed by atoms with Gasteiger partial charge in [0.05, 0.1) is 5.41 Å². The third-order valence-electron chi connectivity index (χ3n) is 5.66. The quantitative estimate of drug-likeness (QED) is 0.434. The van der Waals surface area contributed by atoms with E-state index in [-0.39, 0.29) is 21.7 Å².